The Morgan fingerprint density at radius 1 is 1.07 bits per heavy atom. The fraction of sp³-hybridized carbons (Fsp3) is 0.273. The first-order valence-electron chi connectivity index (χ1n) is 9.25. The van der Waals surface area contributed by atoms with Gasteiger partial charge in [0.25, 0.3) is 5.91 Å². The van der Waals surface area contributed by atoms with E-state index in [-0.39, 0.29) is 5.91 Å². The third-order valence-corrected chi connectivity index (χ3v) is 6.13. The van der Waals surface area contributed by atoms with Crippen molar-refractivity contribution in [3.63, 3.8) is 0 Å². The largest absolute Gasteiger partial charge is 0.493 e. The van der Waals surface area contributed by atoms with E-state index in [0.717, 1.165) is 22.4 Å². The second kappa shape index (κ2) is 9.40. The highest BCUT2D eigenvalue weighted by atomic mass is 32.2. The fourth-order valence-electron chi connectivity index (χ4n) is 3.22. The highest BCUT2D eigenvalue weighted by molar-refractivity contribution is 8.26. The average Bonchev–Trinajstić information content (AvgIpc) is 2.99. The normalized spacial score (nSPS) is 15.0. The number of para-hydroxylation sites is 1. The Kier molecular flexibility index (Phi) is 6.89. The number of anilines is 1. The predicted molar refractivity (Wildman–Crippen MR) is 126 cm³/mol. The number of carbonyl (C=O) groups is 1. The van der Waals surface area contributed by atoms with Crippen molar-refractivity contribution in [2.45, 2.75) is 13.8 Å². The zero-order valence-electron chi connectivity index (χ0n) is 17.6. The third kappa shape index (κ3) is 4.39. The van der Waals surface area contributed by atoms with Gasteiger partial charge in [-0.05, 0) is 48.7 Å². The van der Waals surface area contributed by atoms with Gasteiger partial charge in [0.2, 0.25) is 5.75 Å². The summed E-state index contributed by atoms with van der Waals surface area (Å²) in [5, 5.41) is 3.34. The lowest BCUT2D eigenvalue weighted by molar-refractivity contribution is -0.121. The molecule has 6 nitrogen and oxygen atoms in total. The molecule has 30 heavy (non-hydrogen) atoms. The van der Waals surface area contributed by atoms with E-state index >= 15 is 0 Å². The van der Waals surface area contributed by atoms with Gasteiger partial charge in [0.15, 0.2) is 11.5 Å². The number of nitrogens with one attached hydrogen (secondary N) is 1. The van der Waals surface area contributed by atoms with Crippen LogP contribution in [0.1, 0.15) is 16.7 Å². The van der Waals surface area contributed by atoms with E-state index in [1.807, 2.05) is 32.0 Å². The average molecular weight is 445 g/mol. The molecule has 1 aliphatic rings. The SMILES string of the molecule is COc1cc(/C=C2\SC(=S)N(CNc3c(C)cccc3C)C2=O)cc(OC)c1OC. The minimum Gasteiger partial charge on any atom is -0.493 e. The Hall–Kier alpha value is -2.71. The Morgan fingerprint density at radius 3 is 2.20 bits per heavy atom. The van der Waals surface area contributed by atoms with E-state index in [1.54, 1.807) is 44.4 Å². The van der Waals surface area contributed by atoms with E-state index in [2.05, 4.69) is 5.32 Å². The predicted octanol–water partition coefficient (Wildman–Crippen LogP) is 4.60. The molecule has 0 spiro atoms. The van der Waals surface area contributed by atoms with Gasteiger partial charge in [-0.2, -0.15) is 0 Å². The van der Waals surface area contributed by atoms with Crippen LogP contribution < -0.4 is 19.5 Å². The number of benzene rings is 2. The quantitative estimate of drug-likeness (QED) is 0.495. The highest BCUT2D eigenvalue weighted by Crippen LogP contribution is 2.40. The number of hydrogen-bond acceptors (Lipinski definition) is 7. The van der Waals surface area contributed by atoms with Gasteiger partial charge in [-0.15, -0.1) is 0 Å². The molecule has 8 heteroatoms. The molecule has 0 aromatic heterocycles. The van der Waals surface area contributed by atoms with Crippen molar-refractivity contribution in [3.8, 4) is 17.2 Å². The molecule has 1 saturated heterocycles. The minimum absolute atomic E-state index is 0.141. The minimum atomic E-state index is -0.141. The van der Waals surface area contributed by atoms with E-state index in [1.165, 1.54) is 11.8 Å². The van der Waals surface area contributed by atoms with E-state index < -0.39 is 0 Å². The number of hydrogen-bond donors (Lipinski definition) is 1. The molecule has 1 amide bonds. The maximum Gasteiger partial charge on any atom is 0.267 e. The van der Waals surface area contributed by atoms with Gasteiger partial charge in [-0.3, -0.25) is 9.69 Å². The van der Waals surface area contributed by atoms with E-state index in [0.29, 0.717) is 33.1 Å². The number of aryl methyl sites for hydroxylation is 2. The van der Waals surface area contributed by atoms with Crippen LogP contribution in [0.3, 0.4) is 0 Å². The van der Waals surface area contributed by atoms with E-state index in [9.17, 15) is 4.79 Å². The van der Waals surface area contributed by atoms with Crippen molar-refractivity contribution in [1.82, 2.24) is 4.90 Å². The molecule has 2 aromatic rings. The van der Waals surface area contributed by atoms with Crippen LogP contribution in [0.25, 0.3) is 6.08 Å². The zero-order valence-corrected chi connectivity index (χ0v) is 19.2. The Labute approximate surface area is 186 Å². The summed E-state index contributed by atoms with van der Waals surface area (Å²) in [6, 6.07) is 9.66. The fourth-order valence-corrected chi connectivity index (χ4v) is 4.48. The molecule has 0 atom stereocenters. The number of methoxy groups -OCH3 is 3. The van der Waals surface area contributed by atoms with Crippen molar-refractivity contribution < 1.29 is 19.0 Å². The van der Waals surface area contributed by atoms with Crippen LogP contribution in [0.5, 0.6) is 17.2 Å². The van der Waals surface area contributed by atoms with Crippen molar-refractivity contribution >= 4 is 46.0 Å². The number of thioether (sulfide) groups is 1. The van der Waals surface area contributed by atoms with Crippen LogP contribution in [0.4, 0.5) is 5.69 Å². The van der Waals surface area contributed by atoms with Gasteiger partial charge in [-0.25, -0.2) is 0 Å². The maximum atomic E-state index is 13.0. The van der Waals surface area contributed by atoms with Crippen molar-refractivity contribution in [2.24, 2.45) is 0 Å². The molecule has 0 saturated carbocycles. The zero-order chi connectivity index (χ0) is 21.8. The smallest absolute Gasteiger partial charge is 0.267 e. The summed E-state index contributed by atoms with van der Waals surface area (Å²) >= 11 is 6.72. The second-order valence-electron chi connectivity index (χ2n) is 6.67. The van der Waals surface area contributed by atoms with Gasteiger partial charge in [0, 0.05) is 5.69 Å². The molecule has 1 N–H and O–H groups in total. The Balaban J connectivity index is 1.83. The van der Waals surface area contributed by atoms with Crippen LogP contribution in [-0.2, 0) is 4.79 Å². The van der Waals surface area contributed by atoms with Crippen molar-refractivity contribution in [2.75, 3.05) is 33.3 Å². The number of amides is 1. The molecular formula is C22H24N2O4S2. The topological polar surface area (TPSA) is 60.0 Å². The van der Waals surface area contributed by atoms with Crippen molar-refractivity contribution in [3.05, 3.63) is 51.9 Å². The summed E-state index contributed by atoms with van der Waals surface area (Å²) in [6.45, 7) is 4.37. The lowest BCUT2D eigenvalue weighted by Gasteiger charge is -2.18. The Bertz CT molecular complexity index is 975. The molecule has 158 valence electrons. The van der Waals surface area contributed by atoms with Crippen LogP contribution in [0.2, 0.25) is 0 Å². The lowest BCUT2D eigenvalue weighted by atomic mass is 10.1. The summed E-state index contributed by atoms with van der Waals surface area (Å²) in [5.74, 6) is 1.41. The molecule has 0 aliphatic carbocycles. The summed E-state index contributed by atoms with van der Waals surface area (Å²) in [4.78, 5) is 15.1. The summed E-state index contributed by atoms with van der Waals surface area (Å²) in [7, 11) is 4.66. The summed E-state index contributed by atoms with van der Waals surface area (Å²) in [6.07, 6.45) is 1.78. The van der Waals surface area contributed by atoms with Crippen molar-refractivity contribution in [1.29, 1.82) is 0 Å². The standard InChI is InChI=1S/C22H24N2O4S2/c1-13-7-6-8-14(2)19(13)23-12-24-21(25)18(30-22(24)29)11-15-9-16(26-3)20(28-5)17(10-15)27-4/h6-11,23H,12H2,1-5H3/b18-11-. The molecule has 0 unspecified atom stereocenters. The molecule has 0 bridgehead atoms. The highest BCUT2D eigenvalue weighted by Gasteiger charge is 2.32. The number of nitrogens with zero attached hydrogens (tertiary/aromatic N) is 1. The van der Waals surface area contributed by atoms with E-state index in [4.69, 9.17) is 26.4 Å². The maximum absolute atomic E-state index is 13.0. The van der Waals surface area contributed by atoms with Crippen LogP contribution in [0, 0.1) is 13.8 Å². The summed E-state index contributed by atoms with van der Waals surface area (Å²) < 4.78 is 16.6. The van der Waals surface area contributed by atoms with Crippen LogP contribution in [-0.4, -0.2) is 43.1 Å². The number of carbonyl (C=O) groups excluding carboxylic acids is 1. The summed E-state index contributed by atoms with van der Waals surface area (Å²) in [5.41, 5.74) is 4.01. The Morgan fingerprint density at radius 2 is 1.67 bits per heavy atom. The van der Waals surface area contributed by atoms with Gasteiger partial charge >= 0.3 is 0 Å². The number of rotatable bonds is 7. The van der Waals surface area contributed by atoms with Crippen LogP contribution in [0.15, 0.2) is 35.2 Å². The molecule has 2 aromatic carbocycles. The first kappa shape index (κ1) is 22.0. The first-order valence-corrected chi connectivity index (χ1v) is 10.5. The molecule has 1 fully saturated rings. The molecule has 1 heterocycles. The monoisotopic (exact) mass is 444 g/mol. The number of ether oxygens (including phenoxy) is 3. The van der Waals surface area contributed by atoms with Gasteiger partial charge in [-0.1, -0.05) is 42.2 Å². The molecule has 1 aliphatic heterocycles. The lowest BCUT2D eigenvalue weighted by Crippen LogP contribution is -2.33. The van der Waals surface area contributed by atoms with Gasteiger partial charge in [0.1, 0.15) is 4.32 Å². The van der Waals surface area contributed by atoms with Gasteiger partial charge < -0.3 is 19.5 Å². The first-order chi connectivity index (χ1) is 14.4. The number of thiocarbonyl (C=S) groups is 1. The molecule has 0 radical (unpaired) electrons. The third-order valence-electron chi connectivity index (χ3n) is 4.75. The van der Waals surface area contributed by atoms with Crippen LogP contribution >= 0.6 is 24.0 Å². The van der Waals surface area contributed by atoms with Gasteiger partial charge in [0.05, 0.1) is 32.9 Å². The molecule has 3 rings (SSSR count). The second-order valence-corrected chi connectivity index (χ2v) is 8.35. The molecular weight excluding hydrogens is 420 g/mol.